The summed E-state index contributed by atoms with van der Waals surface area (Å²) in [5, 5.41) is 0.841. The maximum absolute atomic E-state index is 4.05. The lowest BCUT2D eigenvalue weighted by molar-refractivity contribution is 0.913. The second kappa shape index (κ2) is 2.31. The van der Waals surface area contributed by atoms with Crippen LogP contribution in [0.15, 0.2) is 12.5 Å². The van der Waals surface area contributed by atoms with E-state index in [1.165, 1.54) is 0 Å². The molecule has 0 N–H and O–H groups in total. The molecule has 3 heteroatoms. The zero-order valence-electron chi connectivity index (χ0n) is 4.63. The molecular formula is C5H7BrN2. The molecule has 44 valence electrons. The average Bonchev–Trinajstić information content (AvgIpc) is 2.14. The summed E-state index contributed by atoms with van der Waals surface area (Å²) >= 11 is 3.29. The molecule has 8 heavy (non-hydrogen) atoms. The smallest absolute Gasteiger partial charge is 0.0947 e. The van der Waals surface area contributed by atoms with E-state index in [4.69, 9.17) is 0 Å². The molecule has 2 nitrogen and oxygen atoms in total. The van der Waals surface area contributed by atoms with Gasteiger partial charge in [0.25, 0.3) is 0 Å². The average molecular weight is 175 g/mol. The summed E-state index contributed by atoms with van der Waals surface area (Å²) in [7, 11) is 1.96. The standard InChI is InChI=1S/C5H7BrN2/c1-8-3-5(2-6)7-4-8/h3-4H,2H2,1H3. The first-order valence-electron chi connectivity index (χ1n) is 2.35. The molecule has 0 unspecified atom stereocenters. The van der Waals surface area contributed by atoms with Gasteiger partial charge in [-0.1, -0.05) is 15.9 Å². The minimum Gasteiger partial charge on any atom is -0.340 e. The summed E-state index contributed by atoms with van der Waals surface area (Å²) in [6.45, 7) is 0. The van der Waals surface area contributed by atoms with E-state index >= 15 is 0 Å². The van der Waals surface area contributed by atoms with Gasteiger partial charge >= 0.3 is 0 Å². The second-order valence-corrected chi connectivity index (χ2v) is 2.22. The molecule has 0 aliphatic heterocycles. The van der Waals surface area contributed by atoms with Crippen molar-refractivity contribution >= 4 is 15.9 Å². The van der Waals surface area contributed by atoms with Crippen molar-refractivity contribution in [2.45, 2.75) is 5.33 Å². The Hall–Kier alpha value is -0.310. The summed E-state index contributed by atoms with van der Waals surface area (Å²) < 4.78 is 1.93. The Morgan fingerprint density at radius 2 is 2.62 bits per heavy atom. The first-order valence-corrected chi connectivity index (χ1v) is 3.48. The Bertz CT molecular complexity index is 171. The van der Waals surface area contributed by atoms with E-state index in [1.807, 2.05) is 17.8 Å². The first-order chi connectivity index (χ1) is 3.83. The van der Waals surface area contributed by atoms with Crippen molar-refractivity contribution in [1.82, 2.24) is 9.55 Å². The molecule has 0 saturated heterocycles. The van der Waals surface area contributed by atoms with Crippen LogP contribution in [0.4, 0.5) is 0 Å². The predicted molar refractivity (Wildman–Crippen MR) is 35.8 cm³/mol. The SMILES string of the molecule is Cn1cnc(CBr)c1. The highest BCUT2D eigenvalue weighted by Gasteiger charge is 1.89. The van der Waals surface area contributed by atoms with Gasteiger partial charge in [0.2, 0.25) is 0 Å². The summed E-state index contributed by atoms with van der Waals surface area (Å²) in [6, 6.07) is 0. The number of aromatic nitrogens is 2. The van der Waals surface area contributed by atoms with Crippen LogP contribution in [0.25, 0.3) is 0 Å². The molecule has 0 aromatic carbocycles. The number of rotatable bonds is 1. The molecule has 0 amide bonds. The van der Waals surface area contributed by atoms with Crippen LogP contribution in [0.5, 0.6) is 0 Å². The van der Waals surface area contributed by atoms with Gasteiger partial charge in [-0.3, -0.25) is 0 Å². The minimum absolute atomic E-state index is 0.841. The summed E-state index contributed by atoms with van der Waals surface area (Å²) in [6.07, 6.45) is 3.77. The van der Waals surface area contributed by atoms with Gasteiger partial charge in [-0.25, -0.2) is 4.98 Å². The third-order valence-electron chi connectivity index (χ3n) is 0.895. The highest BCUT2D eigenvalue weighted by Crippen LogP contribution is 1.98. The first kappa shape index (κ1) is 5.82. The number of alkyl halides is 1. The largest absolute Gasteiger partial charge is 0.340 e. The lowest BCUT2D eigenvalue weighted by atomic mass is 10.6. The van der Waals surface area contributed by atoms with Crippen LogP contribution in [-0.4, -0.2) is 9.55 Å². The van der Waals surface area contributed by atoms with Crippen LogP contribution in [0.2, 0.25) is 0 Å². The summed E-state index contributed by atoms with van der Waals surface area (Å²) in [4.78, 5) is 4.05. The van der Waals surface area contributed by atoms with Gasteiger partial charge in [-0.05, 0) is 0 Å². The zero-order chi connectivity index (χ0) is 5.98. The van der Waals surface area contributed by atoms with E-state index in [2.05, 4.69) is 20.9 Å². The van der Waals surface area contributed by atoms with Crippen LogP contribution < -0.4 is 0 Å². The van der Waals surface area contributed by atoms with E-state index < -0.39 is 0 Å². The van der Waals surface area contributed by atoms with E-state index in [-0.39, 0.29) is 0 Å². The van der Waals surface area contributed by atoms with Gasteiger partial charge in [-0.2, -0.15) is 0 Å². The topological polar surface area (TPSA) is 17.8 Å². The molecule has 0 aliphatic carbocycles. The van der Waals surface area contributed by atoms with Gasteiger partial charge in [0.1, 0.15) is 0 Å². The fraction of sp³-hybridized carbons (Fsp3) is 0.400. The van der Waals surface area contributed by atoms with E-state index in [0.717, 1.165) is 11.0 Å². The number of aryl methyl sites for hydroxylation is 1. The van der Waals surface area contributed by atoms with Gasteiger partial charge in [0.15, 0.2) is 0 Å². The molecule has 1 aromatic heterocycles. The highest BCUT2D eigenvalue weighted by molar-refractivity contribution is 9.08. The number of halogens is 1. The van der Waals surface area contributed by atoms with Gasteiger partial charge < -0.3 is 4.57 Å². The Labute approximate surface area is 56.7 Å². The van der Waals surface area contributed by atoms with Crippen molar-refractivity contribution in [3.05, 3.63) is 18.2 Å². The summed E-state index contributed by atoms with van der Waals surface area (Å²) in [5.74, 6) is 0. The molecule has 1 heterocycles. The fourth-order valence-corrected chi connectivity index (χ4v) is 0.826. The lowest BCUT2D eigenvalue weighted by Gasteiger charge is -1.80. The third-order valence-corrected chi connectivity index (χ3v) is 1.47. The molecule has 0 fully saturated rings. The minimum atomic E-state index is 0.841. The lowest BCUT2D eigenvalue weighted by Crippen LogP contribution is -1.77. The van der Waals surface area contributed by atoms with Gasteiger partial charge in [0.05, 0.1) is 12.0 Å². The third kappa shape index (κ3) is 1.10. The van der Waals surface area contributed by atoms with Crippen molar-refractivity contribution in [2.75, 3.05) is 0 Å². The second-order valence-electron chi connectivity index (χ2n) is 1.66. The van der Waals surface area contributed by atoms with Gasteiger partial charge in [-0.15, -0.1) is 0 Å². The van der Waals surface area contributed by atoms with E-state index in [1.54, 1.807) is 6.33 Å². The van der Waals surface area contributed by atoms with Crippen molar-refractivity contribution in [1.29, 1.82) is 0 Å². The number of hydrogen-bond acceptors (Lipinski definition) is 1. The normalized spacial score (nSPS) is 9.75. The molecule has 1 aromatic rings. The van der Waals surface area contributed by atoms with Crippen LogP contribution in [-0.2, 0) is 12.4 Å². The molecule has 0 bridgehead atoms. The van der Waals surface area contributed by atoms with Crippen molar-refractivity contribution in [3.63, 3.8) is 0 Å². The molecule has 0 saturated carbocycles. The Balaban J connectivity index is 2.84. The fourth-order valence-electron chi connectivity index (χ4n) is 0.536. The van der Waals surface area contributed by atoms with Crippen LogP contribution >= 0.6 is 15.9 Å². The number of hydrogen-bond donors (Lipinski definition) is 0. The van der Waals surface area contributed by atoms with Gasteiger partial charge in [0, 0.05) is 18.6 Å². The van der Waals surface area contributed by atoms with Crippen molar-refractivity contribution in [2.24, 2.45) is 7.05 Å². The quantitative estimate of drug-likeness (QED) is 0.588. The maximum atomic E-state index is 4.05. The molecule has 1 rings (SSSR count). The predicted octanol–water partition coefficient (Wildman–Crippen LogP) is 1.31. The highest BCUT2D eigenvalue weighted by atomic mass is 79.9. The van der Waals surface area contributed by atoms with Crippen LogP contribution in [0.1, 0.15) is 5.69 Å². The molecule has 0 radical (unpaired) electrons. The van der Waals surface area contributed by atoms with Crippen molar-refractivity contribution in [3.8, 4) is 0 Å². The maximum Gasteiger partial charge on any atom is 0.0947 e. The molecular weight excluding hydrogens is 168 g/mol. The molecule has 0 atom stereocenters. The Morgan fingerprint density at radius 3 is 2.88 bits per heavy atom. The number of nitrogens with zero attached hydrogens (tertiary/aromatic N) is 2. The Morgan fingerprint density at radius 1 is 1.88 bits per heavy atom. The van der Waals surface area contributed by atoms with E-state index in [0.29, 0.717) is 0 Å². The monoisotopic (exact) mass is 174 g/mol. The van der Waals surface area contributed by atoms with Crippen molar-refractivity contribution < 1.29 is 0 Å². The zero-order valence-corrected chi connectivity index (χ0v) is 6.22. The van der Waals surface area contributed by atoms with E-state index in [9.17, 15) is 0 Å². The summed E-state index contributed by atoms with van der Waals surface area (Å²) in [5.41, 5.74) is 1.08. The van der Waals surface area contributed by atoms with Crippen LogP contribution in [0, 0.1) is 0 Å². The number of imidazole rings is 1. The molecule has 0 aliphatic rings. The molecule has 0 spiro atoms. The van der Waals surface area contributed by atoms with Crippen LogP contribution in [0.3, 0.4) is 0 Å². The Kier molecular flexibility index (Phi) is 1.68.